The number of carbonyl (C=O) groups excluding carboxylic acids is 2. The van der Waals surface area contributed by atoms with Crippen molar-refractivity contribution in [3.8, 4) is 0 Å². The Balaban J connectivity index is 0.000000148. The van der Waals surface area contributed by atoms with Crippen LogP contribution in [0.2, 0.25) is 0 Å². The maximum absolute atomic E-state index is 12.2. The summed E-state index contributed by atoms with van der Waals surface area (Å²) in [6.45, 7) is 3.83. The summed E-state index contributed by atoms with van der Waals surface area (Å²) < 4.78 is 0. The zero-order valence-corrected chi connectivity index (χ0v) is 31.8. The summed E-state index contributed by atoms with van der Waals surface area (Å²) in [5, 5.41) is 27.5. The van der Waals surface area contributed by atoms with E-state index in [-0.39, 0.29) is 11.8 Å². The minimum Gasteiger partial charge on any atom is -0.355 e. The molecule has 2 saturated carbocycles. The summed E-state index contributed by atoms with van der Waals surface area (Å²) in [7, 11) is 1.64. The molecule has 16 heteroatoms. The lowest BCUT2D eigenvalue weighted by Gasteiger charge is -2.29. The standard InChI is InChI=1S/C21H23N7O.C20H21N7O/c1-2-22-21(29)15-4-3-5-16(10-15)27-12-19-23-8-9-28(19)20(13-27)24-18-11-17(25-26-18)14-6-7-14;1-21-20(28)14-3-2-4-15(9-14)26-11-18-22-7-8-27(18)19(12-26)23-17-10-16(24-25-17)13-5-6-13/h3-5,8-11,13-14H,2,6-7,12H2,1H3,(H,22,29)(H2,24,25,26);2-4,7-10,12-13H,5-6,11H2,1H3,(H,21,28)(H2,23,24,25)/p+2. The highest BCUT2D eigenvalue weighted by molar-refractivity contribution is 5.96. The molecule has 2 aromatic heterocycles. The number of anilines is 4. The van der Waals surface area contributed by atoms with Crippen LogP contribution in [-0.4, -0.2) is 70.6 Å². The van der Waals surface area contributed by atoms with Crippen LogP contribution in [0, 0.1) is 0 Å². The van der Waals surface area contributed by atoms with Gasteiger partial charge in [-0.15, -0.1) is 0 Å². The summed E-state index contributed by atoms with van der Waals surface area (Å²) in [4.78, 5) is 39.6. The molecule has 6 heterocycles. The third-order valence-electron chi connectivity index (χ3n) is 10.6. The molecule has 290 valence electrons. The van der Waals surface area contributed by atoms with Crippen LogP contribution in [0.3, 0.4) is 0 Å². The molecule has 57 heavy (non-hydrogen) atoms. The number of amidine groups is 2. The average molecular weight is 767 g/mol. The van der Waals surface area contributed by atoms with Crippen LogP contribution in [0.15, 0.2) is 119 Å². The van der Waals surface area contributed by atoms with Crippen molar-refractivity contribution in [3.05, 3.63) is 132 Å². The number of nitrogens with zero attached hydrogens (tertiary/aromatic N) is 6. The van der Waals surface area contributed by atoms with E-state index in [9.17, 15) is 9.59 Å². The molecule has 2 atom stereocenters. The maximum Gasteiger partial charge on any atom is 0.251 e. The summed E-state index contributed by atoms with van der Waals surface area (Å²) in [6, 6.07) is 19.4. The second-order valence-corrected chi connectivity index (χ2v) is 14.7. The molecule has 4 aliphatic heterocycles. The first-order chi connectivity index (χ1) is 27.9. The molecule has 2 aromatic carbocycles. The molecule has 2 unspecified atom stereocenters. The molecular formula is C41H46N14O2+2. The van der Waals surface area contributed by atoms with Gasteiger partial charge in [-0.2, -0.15) is 10.2 Å². The maximum atomic E-state index is 12.2. The Morgan fingerprint density at radius 1 is 0.719 bits per heavy atom. The van der Waals surface area contributed by atoms with Crippen LogP contribution < -0.4 is 40.9 Å². The van der Waals surface area contributed by atoms with Crippen LogP contribution in [0.5, 0.6) is 0 Å². The van der Waals surface area contributed by atoms with Gasteiger partial charge < -0.3 is 20.4 Å². The van der Waals surface area contributed by atoms with E-state index in [0.29, 0.717) is 42.6 Å². The minimum absolute atomic E-state index is 0.0649. The van der Waals surface area contributed by atoms with Gasteiger partial charge in [-0.25, -0.2) is 19.8 Å². The number of H-pyrrole nitrogens is 2. The predicted molar refractivity (Wildman–Crippen MR) is 219 cm³/mol. The molecule has 2 amide bonds. The number of aliphatic imine (C=N–C) groups is 2. The van der Waals surface area contributed by atoms with Crippen LogP contribution in [0.1, 0.15) is 76.5 Å². The van der Waals surface area contributed by atoms with E-state index in [1.54, 1.807) is 7.05 Å². The first-order valence-electron chi connectivity index (χ1n) is 19.5. The Morgan fingerprint density at radius 2 is 1.21 bits per heavy atom. The van der Waals surface area contributed by atoms with Gasteiger partial charge in [-0.1, -0.05) is 12.1 Å². The fourth-order valence-electron chi connectivity index (χ4n) is 7.22. The van der Waals surface area contributed by atoms with E-state index in [4.69, 9.17) is 0 Å². The van der Waals surface area contributed by atoms with Crippen molar-refractivity contribution in [1.29, 1.82) is 0 Å². The van der Waals surface area contributed by atoms with Gasteiger partial charge in [0.1, 0.15) is 25.5 Å². The molecular weight excluding hydrogens is 721 g/mol. The van der Waals surface area contributed by atoms with E-state index in [1.807, 2.05) is 80.3 Å². The molecule has 4 aromatic rings. The number of aromatic amines is 2. The van der Waals surface area contributed by atoms with Crippen molar-refractivity contribution in [2.45, 2.75) is 44.4 Å². The molecule has 16 nitrogen and oxygen atoms in total. The molecule has 0 saturated heterocycles. The van der Waals surface area contributed by atoms with Gasteiger partial charge in [0, 0.05) is 71.5 Å². The van der Waals surface area contributed by atoms with Gasteiger partial charge in [0.25, 0.3) is 11.8 Å². The number of quaternary nitrogens is 2. The SMILES string of the molecule is CCNC(=O)c1cccc(N2C=C(Nc3cc(C4CC4)[nH]n3)[NH+]3C=CN=C3C2)c1.CNC(=O)c1cccc(N2C=C(Nc3cc(C4CC4)[nH]n3)[NH+]3C=CN=C3C2)c1. The zero-order chi connectivity index (χ0) is 38.9. The second kappa shape index (κ2) is 15.4. The first-order valence-corrected chi connectivity index (χ1v) is 19.5. The number of aromatic nitrogens is 4. The largest absolute Gasteiger partial charge is 0.355 e. The van der Waals surface area contributed by atoms with Crippen molar-refractivity contribution in [3.63, 3.8) is 0 Å². The lowest BCUT2D eigenvalue weighted by molar-refractivity contribution is -0.698. The van der Waals surface area contributed by atoms with Gasteiger partial charge in [0.15, 0.2) is 11.6 Å². The molecule has 0 spiro atoms. The first kappa shape index (κ1) is 35.9. The fourth-order valence-corrected chi connectivity index (χ4v) is 7.22. The number of carbonyl (C=O) groups is 2. The molecule has 0 bridgehead atoms. The van der Waals surface area contributed by atoms with Gasteiger partial charge in [0.05, 0.1) is 24.8 Å². The van der Waals surface area contributed by atoms with Crippen molar-refractivity contribution in [2.75, 3.05) is 47.1 Å². The van der Waals surface area contributed by atoms with Crippen LogP contribution in [0.25, 0.3) is 0 Å². The van der Waals surface area contributed by atoms with Gasteiger partial charge in [-0.05, 0) is 69.0 Å². The Labute approximate surface area is 329 Å². The lowest BCUT2D eigenvalue weighted by atomic mass is 10.1. The van der Waals surface area contributed by atoms with E-state index in [2.05, 4.69) is 86.0 Å². The quantitative estimate of drug-likeness (QED) is 0.115. The van der Waals surface area contributed by atoms with Crippen molar-refractivity contribution < 1.29 is 19.4 Å². The number of benzene rings is 2. The highest BCUT2D eigenvalue weighted by Crippen LogP contribution is 2.40. The smallest absolute Gasteiger partial charge is 0.251 e. The van der Waals surface area contributed by atoms with Gasteiger partial charge in [-0.3, -0.25) is 30.4 Å². The lowest BCUT2D eigenvalue weighted by Crippen LogP contribution is -3.10. The Hall–Kier alpha value is -6.78. The minimum atomic E-state index is -0.0996. The summed E-state index contributed by atoms with van der Waals surface area (Å²) in [5.74, 6) is 6.59. The van der Waals surface area contributed by atoms with E-state index < -0.39 is 0 Å². The molecule has 6 aliphatic rings. The highest BCUT2D eigenvalue weighted by Gasteiger charge is 2.34. The third-order valence-corrected chi connectivity index (χ3v) is 10.6. The predicted octanol–water partition coefficient (Wildman–Crippen LogP) is 2.68. The molecule has 10 rings (SSSR count). The van der Waals surface area contributed by atoms with Gasteiger partial charge in [0.2, 0.25) is 23.3 Å². The highest BCUT2D eigenvalue weighted by atomic mass is 16.2. The zero-order valence-electron chi connectivity index (χ0n) is 31.8. The summed E-state index contributed by atoms with van der Waals surface area (Å²) in [5.41, 5.74) is 5.55. The van der Waals surface area contributed by atoms with E-state index in [0.717, 1.165) is 56.1 Å². The normalized spacial score (nSPS) is 20.3. The molecule has 0 radical (unpaired) electrons. The molecule has 2 fully saturated rings. The van der Waals surface area contributed by atoms with Crippen LogP contribution in [0.4, 0.5) is 23.0 Å². The van der Waals surface area contributed by atoms with Crippen LogP contribution in [-0.2, 0) is 0 Å². The fraction of sp³-hybridized carbons (Fsp3) is 0.268. The summed E-state index contributed by atoms with van der Waals surface area (Å²) in [6.07, 6.45) is 16.7. The Morgan fingerprint density at radius 3 is 1.67 bits per heavy atom. The van der Waals surface area contributed by atoms with E-state index in [1.165, 1.54) is 37.1 Å². The van der Waals surface area contributed by atoms with Gasteiger partial charge >= 0.3 is 0 Å². The van der Waals surface area contributed by atoms with Crippen molar-refractivity contribution in [2.24, 2.45) is 9.98 Å². The number of amides is 2. The number of fused-ring (bicyclic) bond motifs is 2. The van der Waals surface area contributed by atoms with Crippen molar-refractivity contribution >= 4 is 46.5 Å². The third kappa shape index (κ3) is 7.85. The number of hydrogen-bond donors (Lipinski definition) is 8. The Bertz CT molecular complexity index is 2380. The Kier molecular flexibility index (Phi) is 9.69. The average Bonchev–Trinajstić information content (AvgIpc) is 4.01. The summed E-state index contributed by atoms with van der Waals surface area (Å²) >= 11 is 0. The van der Waals surface area contributed by atoms with Crippen molar-refractivity contribution in [1.82, 2.24) is 31.0 Å². The van der Waals surface area contributed by atoms with E-state index >= 15 is 0 Å². The second-order valence-electron chi connectivity index (χ2n) is 14.7. The number of hydrogen-bond acceptors (Lipinski definition) is 10. The molecule has 8 N–H and O–H groups in total. The van der Waals surface area contributed by atoms with Crippen LogP contribution >= 0.6 is 0 Å². The number of rotatable bonds is 11. The number of nitrogens with one attached hydrogen (secondary N) is 8. The topological polar surface area (TPSA) is 180 Å². The molecule has 2 aliphatic carbocycles. The monoisotopic (exact) mass is 766 g/mol.